The fraction of sp³-hybridized carbons (Fsp3) is 0.500. The van der Waals surface area contributed by atoms with Crippen LogP contribution in [0.25, 0.3) is 4.96 Å². The van der Waals surface area contributed by atoms with Crippen molar-refractivity contribution in [2.45, 2.75) is 32.7 Å². The van der Waals surface area contributed by atoms with E-state index in [2.05, 4.69) is 39.4 Å². The number of nitrogens with zero attached hydrogens (tertiary/aromatic N) is 4. The quantitative estimate of drug-likeness (QED) is 0.784. The number of hydrogen-bond acceptors (Lipinski definition) is 6. The van der Waals surface area contributed by atoms with Crippen molar-refractivity contribution < 1.29 is 5.11 Å². The molecule has 1 N–H and O–H groups in total. The van der Waals surface area contributed by atoms with Crippen LogP contribution in [0.2, 0.25) is 0 Å². The number of piperidine rings is 1. The Balaban J connectivity index is 1.80. The first-order valence-corrected chi connectivity index (χ1v) is 9.65. The van der Waals surface area contributed by atoms with Crippen LogP contribution < -0.4 is 0 Å². The van der Waals surface area contributed by atoms with E-state index >= 15 is 0 Å². The van der Waals surface area contributed by atoms with Crippen LogP contribution in [0.5, 0.6) is 5.88 Å². The largest absolute Gasteiger partial charge is 0.492 e. The van der Waals surface area contributed by atoms with Crippen LogP contribution in [0, 0.1) is 12.8 Å². The Labute approximate surface area is 143 Å². The Bertz CT molecular complexity index is 808. The van der Waals surface area contributed by atoms with Crippen molar-refractivity contribution in [1.82, 2.24) is 19.5 Å². The summed E-state index contributed by atoms with van der Waals surface area (Å²) in [5.41, 5.74) is 0. The molecule has 2 unspecified atom stereocenters. The van der Waals surface area contributed by atoms with Crippen molar-refractivity contribution in [3.8, 4) is 5.88 Å². The van der Waals surface area contributed by atoms with Crippen LogP contribution in [-0.4, -0.2) is 37.7 Å². The number of likely N-dealkylation sites (tertiary alicyclic amines) is 1. The Morgan fingerprint density at radius 2 is 2.30 bits per heavy atom. The molecule has 1 fully saturated rings. The van der Waals surface area contributed by atoms with E-state index in [9.17, 15) is 5.11 Å². The molecule has 1 aliphatic heterocycles. The van der Waals surface area contributed by atoms with Crippen LogP contribution in [0.15, 0.2) is 17.5 Å². The Hall–Kier alpha value is -1.44. The fourth-order valence-corrected chi connectivity index (χ4v) is 5.50. The van der Waals surface area contributed by atoms with Gasteiger partial charge in [-0.1, -0.05) is 24.3 Å². The van der Waals surface area contributed by atoms with Crippen molar-refractivity contribution >= 4 is 27.6 Å². The highest BCUT2D eigenvalue weighted by molar-refractivity contribution is 7.17. The van der Waals surface area contributed by atoms with E-state index in [1.54, 1.807) is 27.2 Å². The second-order valence-electron chi connectivity index (χ2n) is 6.30. The first-order chi connectivity index (χ1) is 11.1. The van der Waals surface area contributed by atoms with E-state index in [4.69, 9.17) is 0 Å². The number of aromatic hydroxyl groups is 1. The molecule has 4 heterocycles. The number of rotatable bonds is 3. The summed E-state index contributed by atoms with van der Waals surface area (Å²) in [6.07, 6.45) is 2.50. The van der Waals surface area contributed by atoms with Gasteiger partial charge in [-0.05, 0) is 43.7 Å². The average Bonchev–Trinajstić information content (AvgIpc) is 3.21. The molecular weight excluding hydrogens is 328 g/mol. The third-order valence-corrected chi connectivity index (χ3v) is 6.42. The maximum atomic E-state index is 10.7. The number of thiophene rings is 1. The molecule has 1 saturated heterocycles. The number of fused-ring (bicyclic) bond motifs is 1. The van der Waals surface area contributed by atoms with E-state index in [0.29, 0.717) is 11.7 Å². The van der Waals surface area contributed by atoms with Gasteiger partial charge < -0.3 is 5.11 Å². The van der Waals surface area contributed by atoms with Gasteiger partial charge in [-0.3, -0.25) is 4.90 Å². The lowest BCUT2D eigenvalue weighted by Gasteiger charge is -2.36. The molecule has 0 aliphatic carbocycles. The highest BCUT2D eigenvalue weighted by Crippen LogP contribution is 2.42. The molecule has 3 aromatic heterocycles. The number of hydrogen-bond donors (Lipinski definition) is 1. The molecule has 0 radical (unpaired) electrons. The molecule has 0 spiro atoms. The lowest BCUT2D eigenvalue weighted by atomic mass is 9.98. The average molecular weight is 348 g/mol. The first-order valence-electron chi connectivity index (χ1n) is 7.96. The molecule has 1 aliphatic rings. The Kier molecular flexibility index (Phi) is 3.87. The van der Waals surface area contributed by atoms with Crippen molar-refractivity contribution in [3.05, 3.63) is 33.1 Å². The standard InChI is InChI=1S/C16H20N4OS2/c1-10-5-3-7-19(9-10)13(12-6-4-8-22-12)14-15(21)20-16(23-14)17-11(2)18-20/h4,6,8,10,13,21H,3,5,7,9H2,1-2H3. The van der Waals surface area contributed by atoms with Gasteiger partial charge >= 0.3 is 0 Å². The summed E-state index contributed by atoms with van der Waals surface area (Å²) in [5.74, 6) is 1.62. The van der Waals surface area contributed by atoms with E-state index in [1.165, 1.54) is 17.7 Å². The molecule has 5 nitrogen and oxygen atoms in total. The first kappa shape index (κ1) is 15.1. The van der Waals surface area contributed by atoms with Crippen LogP contribution in [0.4, 0.5) is 0 Å². The lowest BCUT2D eigenvalue weighted by molar-refractivity contribution is 0.150. The number of thiazole rings is 1. The molecule has 4 rings (SSSR count). The second-order valence-corrected chi connectivity index (χ2v) is 8.29. The lowest BCUT2D eigenvalue weighted by Crippen LogP contribution is -2.37. The summed E-state index contributed by atoms with van der Waals surface area (Å²) in [6, 6.07) is 4.35. The molecule has 122 valence electrons. The van der Waals surface area contributed by atoms with E-state index in [-0.39, 0.29) is 11.9 Å². The summed E-state index contributed by atoms with van der Waals surface area (Å²) in [7, 11) is 0. The smallest absolute Gasteiger partial charge is 0.230 e. The summed E-state index contributed by atoms with van der Waals surface area (Å²) in [5, 5.41) is 17.1. The summed E-state index contributed by atoms with van der Waals surface area (Å²) >= 11 is 3.30. The third kappa shape index (κ3) is 2.66. The number of aryl methyl sites for hydroxylation is 1. The molecule has 2 atom stereocenters. The fourth-order valence-electron chi connectivity index (χ4n) is 3.41. The minimum Gasteiger partial charge on any atom is -0.492 e. The van der Waals surface area contributed by atoms with Gasteiger partial charge in [0.1, 0.15) is 5.82 Å². The van der Waals surface area contributed by atoms with Crippen molar-refractivity contribution in [3.63, 3.8) is 0 Å². The van der Waals surface area contributed by atoms with Crippen molar-refractivity contribution in [1.29, 1.82) is 0 Å². The highest BCUT2D eigenvalue weighted by Gasteiger charge is 2.32. The maximum Gasteiger partial charge on any atom is 0.230 e. The summed E-state index contributed by atoms with van der Waals surface area (Å²) in [6.45, 7) is 6.29. The van der Waals surface area contributed by atoms with Gasteiger partial charge in [0.25, 0.3) is 0 Å². The van der Waals surface area contributed by atoms with Crippen LogP contribution in [-0.2, 0) is 0 Å². The normalized spacial score (nSPS) is 21.0. The predicted molar refractivity (Wildman–Crippen MR) is 93.4 cm³/mol. The number of aromatic nitrogens is 3. The zero-order valence-corrected chi connectivity index (χ0v) is 14.9. The van der Waals surface area contributed by atoms with Gasteiger partial charge in [-0.25, -0.2) is 4.98 Å². The van der Waals surface area contributed by atoms with Crippen LogP contribution in [0.3, 0.4) is 0 Å². The summed E-state index contributed by atoms with van der Waals surface area (Å²) in [4.78, 5) is 9.91. The van der Waals surface area contributed by atoms with Gasteiger partial charge in [0, 0.05) is 11.4 Å². The predicted octanol–water partition coefficient (Wildman–Crippen LogP) is 3.69. The molecule has 0 aromatic carbocycles. The third-order valence-electron chi connectivity index (χ3n) is 4.42. The van der Waals surface area contributed by atoms with Gasteiger partial charge in [0.15, 0.2) is 0 Å². The minimum absolute atomic E-state index is 0.103. The molecule has 7 heteroatoms. The SMILES string of the molecule is Cc1nc2sc(C(c3cccs3)N3CCCC(C)C3)c(O)n2n1. The van der Waals surface area contributed by atoms with Gasteiger partial charge in [-0.2, -0.15) is 4.52 Å². The monoisotopic (exact) mass is 348 g/mol. The molecule has 3 aromatic rings. The van der Waals surface area contributed by atoms with Crippen molar-refractivity contribution in [2.75, 3.05) is 13.1 Å². The highest BCUT2D eigenvalue weighted by atomic mass is 32.1. The zero-order chi connectivity index (χ0) is 16.0. The van der Waals surface area contributed by atoms with E-state index in [0.717, 1.165) is 22.9 Å². The Morgan fingerprint density at radius 1 is 1.43 bits per heavy atom. The van der Waals surface area contributed by atoms with Gasteiger partial charge in [0.2, 0.25) is 10.8 Å². The van der Waals surface area contributed by atoms with E-state index in [1.807, 2.05) is 6.92 Å². The van der Waals surface area contributed by atoms with Crippen LogP contribution in [0.1, 0.15) is 41.4 Å². The molecular formula is C16H20N4OS2. The topological polar surface area (TPSA) is 53.7 Å². The van der Waals surface area contributed by atoms with Gasteiger partial charge in [0.05, 0.1) is 10.9 Å². The molecule has 0 amide bonds. The van der Waals surface area contributed by atoms with E-state index < -0.39 is 0 Å². The van der Waals surface area contributed by atoms with Crippen LogP contribution >= 0.6 is 22.7 Å². The molecule has 0 saturated carbocycles. The molecule has 0 bridgehead atoms. The molecule has 23 heavy (non-hydrogen) atoms. The maximum absolute atomic E-state index is 10.7. The summed E-state index contributed by atoms with van der Waals surface area (Å²) < 4.78 is 1.57. The Morgan fingerprint density at radius 3 is 3.00 bits per heavy atom. The minimum atomic E-state index is 0.103. The second kappa shape index (κ2) is 5.89. The van der Waals surface area contributed by atoms with Gasteiger partial charge in [-0.15, -0.1) is 16.4 Å². The van der Waals surface area contributed by atoms with Crippen molar-refractivity contribution in [2.24, 2.45) is 5.92 Å². The zero-order valence-electron chi connectivity index (χ0n) is 13.3.